The SMILES string of the molecule is CCC1CCCCN1c1cc(C)nc(NCCc2ccccc2F)n1. The maximum absolute atomic E-state index is 13.7. The van der Waals surface area contributed by atoms with Gasteiger partial charge in [-0.3, -0.25) is 0 Å². The summed E-state index contributed by atoms with van der Waals surface area (Å²) in [5.74, 6) is 1.48. The van der Waals surface area contributed by atoms with Gasteiger partial charge in [0.2, 0.25) is 5.95 Å². The molecule has 1 aliphatic rings. The standard InChI is InChI=1S/C20H27FN4/c1-3-17-9-6-7-13-25(17)19-14-15(2)23-20(24-19)22-12-11-16-8-4-5-10-18(16)21/h4-5,8,10,14,17H,3,6-7,9,11-13H2,1-2H3,(H,22,23,24). The maximum Gasteiger partial charge on any atom is 0.224 e. The fraction of sp³-hybridized carbons (Fsp3) is 0.500. The molecule has 0 spiro atoms. The molecule has 25 heavy (non-hydrogen) atoms. The van der Waals surface area contributed by atoms with E-state index in [-0.39, 0.29) is 5.82 Å². The first-order chi connectivity index (χ1) is 12.2. The van der Waals surface area contributed by atoms with E-state index in [0.717, 1.165) is 24.5 Å². The fourth-order valence-corrected chi connectivity index (χ4v) is 3.51. The second-order valence-electron chi connectivity index (χ2n) is 6.71. The molecule has 0 radical (unpaired) electrons. The van der Waals surface area contributed by atoms with E-state index >= 15 is 0 Å². The van der Waals surface area contributed by atoms with Crippen LogP contribution in [0.4, 0.5) is 16.2 Å². The highest BCUT2D eigenvalue weighted by Crippen LogP contribution is 2.26. The van der Waals surface area contributed by atoms with Gasteiger partial charge in [-0.05, 0) is 50.7 Å². The minimum atomic E-state index is -0.158. The number of nitrogens with one attached hydrogen (secondary N) is 1. The van der Waals surface area contributed by atoms with E-state index in [1.54, 1.807) is 6.07 Å². The Kier molecular flexibility index (Phi) is 5.84. The first kappa shape index (κ1) is 17.6. The average molecular weight is 342 g/mol. The van der Waals surface area contributed by atoms with Crippen molar-refractivity contribution in [2.45, 2.75) is 52.0 Å². The van der Waals surface area contributed by atoms with Gasteiger partial charge in [0.25, 0.3) is 0 Å². The number of rotatable bonds is 6. The molecular formula is C20H27FN4. The van der Waals surface area contributed by atoms with Crippen molar-refractivity contribution in [1.29, 1.82) is 0 Å². The van der Waals surface area contributed by atoms with Gasteiger partial charge in [-0.2, -0.15) is 4.98 Å². The zero-order valence-electron chi connectivity index (χ0n) is 15.1. The van der Waals surface area contributed by atoms with E-state index < -0.39 is 0 Å². The number of hydrogen-bond donors (Lipinski definition) is 1. The molecule has 1 aliphatic heterocycles. The highest BCUT2D eigenvalue weighted by molar-refractivity contribution is 5.46. The van der Waals surface area contributed by atoms with Crippen molar-refractivity contribution < 1.29 is 4.39 Å². The minimum absolute atomic E-state index is 0.158. The third-order valence-electron chi connectivity index (χ3n) is 4.87. The van der Waals surface area contributed by atoms with E-state index in [0.29, 0.717) is 30.5 Å². The summed E-state index contributed by atoms with van der Waals surface area (Å²) in [5, 5.41) is 3.26. The van der Waals surface area contributed by atoms with Gasteiger partial charge in [0, 0.05) is 30.9 Å². The summed E-state index contributed by atoms with van der Waals surface area (Å²) >= 11 is 0. The van der Waals surface area contributed by atoms with Gasteiger partial charge >= 0.3 is 0 Å². The second kappa shape index (κ2) is 8.28. The van der Waals surface area contributed by atoms with Crippen LogP contribution in [0.2, 0.25) is 0 Å². The zero-order valence-corrected chi connectivity index (χ0v) is 15.1. The molecule has 5 heteroatoms. The van der Waals surface area contributed by atoms with E-state index in [9.17, 15) is 4.39 Å². The summed E-state index contributed by atoms with van der Waals surface area (Å²) < 4.78 is 13.7. The summed E-state index contributed by atoms with van der Waals surface area (Å²) in [5.41, 5.74) is 1.67. The Morgan fingerprint density at radius 1 is 1.24 bits per heavy atom. The molecule has 1 saturated heterocycles. The maximum atomic E-state index is 13.7. The molecule has 4 nitrogen and oxygen atoms in total. The third kappa shape index (κ3) is 4.47. The van der Waals surface area contributed by atoms with E-state index in [1.807, 2.05) is 19.1 Å². The number of halogens is 1. The van der Waals surface area contributed by atoms with E-state index in [2.05, 4.69) is 28.2 Å². The molecule has 3 rings (SSSR count). The molecule has 1 N–H and O–H groups in total. The van der Waals surface area contributed by atoms with Gasteiger partial charge in [0.05, 0.1) is 0 Å². The molecular weight excluding hydrogens is 315 g/mol. The zero-order chi connectivity index (χ0) is 17.6. The fourth-order valence-electron chi connectivity index (χ4n) is 3.51. The summed E-state index contributed by atoms with van der Waals surface area (Å²) in [6, 6.07) is 9.52. The number of nitrogens with zero attached hydrogens (tertiary/aromatic N) is 3. The number of hydrogen-bond acceptors (Lipinski definition) is 4. The number of aromatic nitrogens is 2. The first-order valence-electron chi connectivity index (χ1n) is 9.27. The predicted octanol–water partition coefficient (Wildman–Crippen LogP) is 4.35. The lowest BCUT2D eigenvalue weighted by atomic mass is 10.00. The van der Waals surface area contributed by atoms with Crippen molar-refractivity contribution in [3.8, 4) is 0 Å². The Balaban J connectivity index is 1.68. The van der Waals surface area contributed by atoms with Crippen LogP contribution in [0.15, 0.2) is 30.3 Å². The molecule has 1 aromatic heterocycles. The number of benzene rings is 1. The smallest absolute Gasteiger partial charge is 0.224 e. The lowest BCUT2D eigenvalue weighted by molar-refractivity contribution is 0.446. The molecule has 0 bridgehead atoms. The van der Waals surface area contributed by atoms with Gasteiger partial charge in [-0.1, -0.05) is 25.1 Å². The predicted molar refractivity (Wildman–Crippen MR) is 101 cm³/mol. The largest absolute Gasteiger partial charge is 0.354 e. The molecule has 1 fully saturated rings. The Morgan fingerprint density at radius 3 is 2.88 bits per heavy atom. The van der Waals surface area contributed by atoms with Crippen molar-refractivity contribution in [3.05, 3.63) is 47.4 Å². The van der Waals surface area contributed by atoms with Crippen molar-refractivity contribution in [1.82, 2.24) is 9.97 Å². The van der Waals surface area contributed by atoms with Gasteiger partial charge in [-0.15, -0.1) is 0 Å². The van der Waals surface area contributed by atoms with Gasteiger partial charge in [0.15, 0.2) is 0 Å². The lowest BCUT2D eigenvalue weighted by Gasteiger charge is -2.36. The average Bonchev–Trinajstić information content (AvgIpc) is 2.63. The Bertz CT molecular complexity index is 704. The molecule has 0 saturated carbocycles. The summed E-state index contributed by atoms with van der Waals surface area (Å²) in [7, 11) is 0. The van der Waals surface area contributed by atoms with Gasteiger partial charge < -0.3 is 10.2 Å². The Morgan fingerprint density at radius 2 is 2.08 bits per heavy atom. The van der Waals surface area contributed by atoms with E-state index in [4.69, 9.17) is 4.98 Å². The first-order valence-corrected chi connectivity index (χ1v) is 9.27. The summed E-state index contributed by atoms with van der Waals surface area (Å²) in [6.07, 6.45) is 5.50. The van der Waals surface area contributed by atoms with Crippen LogP contribution in [-0.4, -0.2) is 29.1 Å². The van der Waals surface area contributed by atoms with Crippen molar-refractivity contribution in [2.75, 3.05) is 23.3 Å². The van der Waals surface area contributed by atoms with Gasteiger partial charge in [0.1, 0.15) is 11.6 Å². The quantitative estimate of drug-likeness (QED) is 0.847. The van der Waals surface area contributed by atoms with Crippen molar-refractivity contribution in [2.24, 2.45) is 0 Å². The van der Waals surface area contributed by atoms with E-state index in [1.165, 1.54) is 25.3 Å². The highest BCUT2D eigenvalue weighted by atomic mass is 19.1. The highest BCUT2D eigenvalue weighted by Gasteiger charge is 2.22. The third-order valence-corrected chi connectivity index (χ3v) is 4.87. The van der Waals surface area contributed by atoms with Crippen LogP contribution in [0, 0.1) is 12.7 Å². The number of piperidine rings is 1. The van der Waals surface area contributed by atoms with Crippen LogP contribution in [0.25, 0.3) is 0 Å². The second-order valence-corrected chi connectivity index (χ2v) is 6.71. The minimum Gasteiger partial charge on any atom is -0.354 e. The molecule has 2 aromatic rings. The number of anilines is 2. The van der Waals surface area contributed by atoms with Gasteiger partial charge in [-0.25, -0.2) is 9.37 Å². The van der Waals surface area contributed by atoms with Crippen LogP contribution in [0.3, 0.4) is 0 Å². The molecule has 1 unspecified atom stereocenters. The molecule has 2 heterocycles. The van der Waals surface area contributed by atoms with Crippen molar-refractivity contribution in [3.63, 3.8) is 0 Å². The summed E-state index contributed by atoms with van der Waals surface area (Å²) in [4.78, 5) is 11.6. The Hall–Kier alpha value is -2.17. The van der Waals surface area contributed by atoms with Crippen molar-refractivity contribution >= 4 is 11.8 Å². The van der Waals surface area contributed by atoms with Crippen LogP contribution < -0.4 is 10.2 Å². The van der Waals surface area contributed by atoms with Crippen LogP contribution in [0.5, 0.6) is 0 Å². The molecule has 1 atom stereocenters. The monoisotopic (exact) mass is 342 g/mol. The Labute approximate surface area is 149 Å². The molecule has 134 valence electrons. The van der Waals surface area contributed by atoms with Crippen LogP contribution in [0.1, 0.15) is 43.9 Å². The normalized spacial score (nSPS) is 17.6. The molecule has 0 amide bonds. The van der Waals surface area contributed by atoms with Crippen LogP contribution in [-0.2, 0) is 6.42 Å². The molecule has 1 aromatic carbocycles. The topological polar surface area (TPSA) is 41.1 Å². The summed E-state index contributed by atoms with van der Waals surface area (Å²) in [6.45, 7) is 5.91. The number of aryl methyl sites for hydroxylation is 1. The van der Waals surface area contributed by atoms with Crippen LogP contribution >= 0.6 is 0 Å². The molecule has 0 aliphatic carbocycles. The lowest BCUT2D eigenvalue weighted by Crippen LogP contribution is -2.39.